The highest BCUT2D eigenvalue weighted by Crippen LogP contribution is 2.14. The average Bonchev–Trinajstić information content (AvgIpc) is 2.36. The monoisotopic (exact) mass is 270 g/mol. The fourth-order valence-electron chi connectivity index (χ4n) is 1.21. The number of anilines is 1. The fourth-order valence-corrected chi connectivity index (χ4v) is 1.21. The number of rotatable bonds is 9. The van der Waals surface area contributed by atoms with Gasteiger partial charge in [0.15, 0.2) is 0 Å². The molecule has 0 aromatic carbocycles. The summed E-state index contributed by atoms with van der Waals surface area (Å²) in [5.74, 6) is 0.437. The van der Waals surface area contributed by atoms with Crippen LogP contribution in [0.1, 0.15) is 33.6 Å². The highest BCUT2D eigenvalue weighted by atomic mass is 16.5. The van der Waals surface area contributed by atoms with Gasteiger partial charge in [0.2, 0.25) is 5.95 Å². The predicted molar refractivity (Wildman–Crippen MR) is 71.6 cm³/mol. The van der Waals surface area contributed by atoms with Crippen LogP contribution in [-0.4, -0.2) is 45.9 Å². The third kappa shape index (κ3) is 6.19. The fraction of sp³-hybridized carbons (Fsp3) is 0.750. The van der Waals surface area contributed by atoms with Crippen molar-refractivity contribution >= 4 is 5.95 Å². The van der Waals surface area contributed by atoms with Gasteiger partial charge >= 0.3 is 12.0 Å². The van der Waals surface area contributed by atoms with Gasteiger partial charge in [0.25, 0.3) is 0 Å². The van der Waals surface area contributed by atoms with Crippen molar-refractivity contribution < 1.29 is 14.6 Å². The van der Waals surface area contributed by atoms with Crippen LogP contribution in [0.4, 0.5) is 5.95 Å². The molecule has 7 nitrogen and oxygen atoms in total. The van der Waals surface area contributed by atoms with Crippen molar-refractivity contribution in [3.05, 3.63) is 0 Å². The summed E-state index contributed by atoms with van der Waals surface area (Å²) in [7, 11) is 0. The van der Waals surface area contributed by atoms with E-state index < -0.39 is 0 Å². The lowest BCUT2D eigenvalue weighted by molar-refractivity contribution is 0.204. The van der Waals surface area contributed by atoms with Crippen LogP contribution < -0.4 is 14.8 Å². The van der Waals surface area contributed by atoms with E-state index in [4.69, 9.17) is 14.6 Å². The zero-order valence-corrected chi connectivity index (χ0v) is 11.7. The summed E-state index contributed by atoms with van der Waals surface area (Å²) in [5, 5.41) is 11.8. The van der Waals surface area contributed by atoms with Gasteiger partial charge in [-0.25, -0.2) is 0 Å². The minimum atomic E-state index is -0.0216. The molecular formula is C12H22N4O3. The van der Waals surface area contributed by atoms with E-state index in [-0.39, 0.29) is 24.7 Å². The maximum Gasteiger partial charge on any atom is 0.324 e. The first-order valence-electron chi connectivity index (χ1n) is 6.56. The number of nitrogens with zero attached hydrogens (tertiary/aromatic N) is 3. The van der Waals surface area contributed by atoms with E-state index in [0.29, 0.717) is 19.0 Å². The molecule has 2 N–H and O–H groups in total. The second-order valence-corrected chi connectivity index (χ2v) is 4.24. The van der Waals surface area contributed by atoms with Gasteiger partial charge in [-0.2, -0.15) is 9.97 Å². The topological polar surface area (TPSA) is 89.4 Å². The Morgan fingerprint density at radius 2 is 1.95 bits per heavy atom. The zero-order valence-electron chi connectivity index (χ0n) is 11.7. The molecule has 1 aromatic heterocycles. The van der Waals surface area contributed by atoms with E-state index in [2.05, 4.69) is 27.2 Å². The third-order valence-corrected chi connectivity index (χ3v) is 2.00. The Morgan fingerprint density at radius 1 is 1.21 bits per heavy atom. The molecule has 0 saturated carbocycles. The summed E-state index contributed by atoms with van der Waals surface area (Å²) in [6, 6.07) is 0.445. The van der Waals surface area contributed by atoms with Gasteiger partial charge in [-0.05, 0) is 20.3 Å². The molecule has 0 saturated heterocycles. The molecule has 0 amide bonds. The molecule has 1 heterocycles. The van der Waals surface area contributed by atoms with Crippen LogP contribution in [0.25, 0.3) is 0 Å². The van der Waals surface area contributed by atoms with Gasteiger partial charge in [0, 0.05) is 19.6 Å². The number of aliphatic hydroxyl groups is 1. The first kappa shape index (κ1) is 15.4. The predicted octanol–water partition coefficient (Wildman–Crippen LogP) is 1.24. The Balaban J connectivity index is 2.75. The summed E-state index contributed by atoms with van der Waals surface area (Å²) >= 11 is 0. The van der Waals surface area contributed by atoms with Gasteiger partial charge in [-0.1, -0.05) is 6.92 Å². The summed E-state index contributed by atoms with van der Waals surface area (Å²) in [6.45, 7) is 7.04. The number of hydrogen-bond acceptors (Lipinski definition) is 7. The zero-order chi connectivity index (χ0) is 14.1. The van der Waals surface area contributed by atoms with E-state index in [1.54, 1.807) is 0 Å². The van der Waals surface area contributed by atoms with Crippen LogP contribution >= 0.6 is 0 Å². The van der Waals surface area contributed by atoms with E-state index >= 15 is 0 Å². The van der Waals surface area contributed by atoms with E-state index in [0.717, 1.165) is 13.0 Å². The lowest BCUT2D eigenvalue weighted by atomic mass is 10.5. The minimum absolute atomic E-state index is 0.0216. The highest BCUT2D eigenvalue weighted by Gasteiger charge is 2.09. The molecule has 0 radical (unpaired) electrons. The Kier molecular flexibility index (Phi) is 6.88. The SMILES string of the molecule is CCCNc1nc(OCCCO)nc(OC(C)C)n1. The summed E-state index contributed by atoms with van der Waals surface area (Å²) in [6.07, 6.45) is 1.48. The Bertz CT molecular complexity index is 374. The standard InChI is InChI=1S/C12H22N4O3/c1-4-6-13-10-14-11(18-8-5-7-17)16-12(15-10)19-9(2)3/h9,17H,4-8H2,1-3H3,(H,13,14,15,16). The van der Waals surface area contributed by atoms with Crippen LogP contribution in [-0.2, 0) is 0 Å². The van der Waals surface area contributed by atoms with Gasteiger partial charge in [0.05, 0.1) is 12.7 Å². The maximum absolute atomic E-state index is 8.72. The van der Waals surface area contributed by atoms with E-state index in [9.17, 15) is 0 Å². The molecule has 1 aromatic rings. The van der Waals surface area contributed by atoms with Crippen molar-refractivity contribution in [1.82, 2.24) is 15.0 Å². The van der Waals surface area contributed by atoms with Gasteiger partial charge in [-0.3, -0.25) is 0 Å². The molecule has 0 unspecified atom stereocenters. The number of aliphatic hydroxyl groups excluding tert-OH is 1. The van der Waals surface area contributed by atoms with Crippen LogP contribution in [0.2, 0.25) is 0 Å². The maximum atomic E-state index is 8.72. The van der Waals surface area contributed by atoms with Gasteiger partial charge in [0.1, 0.15) is 0 Å². The minimum Gasteiger partial charge on any atom is -0.463 e. The molecule has 0 bridgehead atoms. The molecule has 0 aliphatic carbocycles. The molecule has 19 heavy (non-hydrogen) atoms. The molecule has 0 spiro atoms. The number of ether oxygens (including phenoxy) is 2. The molecular weight excluding hydrogens is 248 g/mol. The lowest BCUT2D eigenvalue weighted by Gasteiger charge is -2.11. The first-order valence-corrected chi connectivity index (χ1v) is 6.56. The van der Waals surface area contributed by atoms with Crippen molar-refractivity contribution in [3.8, 4) is 12.0 Å². The Labute approximate surface area is 113 Å². The van der Waals surface area contributed by atoms with Gasteiger partial charge in [-0.15, -0.1) is 4.98 Å². The number of aromatic nitrogens is 3. The normalized spacial score (nSPS) is 10.6. The van der Waals surface area contributed by atoms with Crippen LogP contribution in [0.5, 0.6) is 12.0 Å². The smallest absolute Gasteiger partial charge is 0.324 e. The Hall–Kier alpha value is -1.63. The largest absolute Gasteiger partial charge is 0.463 e. The molecule has 1 rings (SSSR count). The number of nitrogens with one attached hydrogen (secondary N) is 1. The Morgan fingerprint density at radius 3 is 2.58 bits per heavy atom. The van der Waals surface area contributed by atoms with Crippen LogP contribution in [0.3, 0.4) is 0 Å². The summed E-state index contributed by atoms with van der Waals surface area (Å²) in [4.78, 5) is 12.4. The molecule has 0 fully saturated rings. The van der Waals surface area contributed by atoms with Crippen LogP contribution in [0.15, 0.2) is 0 Å². The van der Waals surface area contributed by atoms with Crippen molar-refractivity contribution in [2.45, 2.75) is 39.7 Å². The third-order valence-electron chi connectivity index (χ3n) is 2.00. The number of hydrogen-bond donors (Lipinski definition) is 2. The van der Waals surface area contributed by atoms with Crippen LogP contribution in [0, 0.1) is 0 Å². The van der Waals surface area contributed by atoms with Gasteiger partial charge < -0.3 is 19.9 Å². The molecule has 0 aliphatic rings. The quantitative estimate of drug-likeness (QED) is 0.652. The van der Waals surface area contributed by atoms with E-state index in [1.165, 1.54) is 0 Å². The average molecular weight is 270 g/mol. The van der Waals surface area contributed by atoms with E-state index in [1.807, 2.05) is 13.8 Å². The highest BCUT2D eigenvalue weighted by molar-refractivity contribution is 5.27. The first-order chi connectivity index (χ1) is 9.15. The molecule has 0 atom stereocenters. The summed E-state index contributed by atoms with van der Waals surface area (Å²) < 4.78 is 10.8. The molecule has 108 valence electrons. The molecule has 0 aliphatic heterocycles. The van der Waals surface area contributed by atoms with Crippen molar-refractivity contribution in [1.29, 1.82) is 0 Å². The molecule has 7 heteroatoms. The second-order valence-electron chi connectivity index (χ2n) is 4.24. The summed E-state index contributed by atoms with van der Waals surface area (Å²) in [5.41, 5.74) is 0. The lowest BCUT2D eigenvalue weighted by Crippen LogP contribution is -2.13. The van der Waals surface area contributed by atoms with Crippen molar-refractivity contribution in [2.24, 2.45) is 0 Å². The second kappa shape index (κ2) is 8.47. The van der Waals surface area contributed by atoms with Crippen molar-refractivity contribution in [2.75, 3.05) is 25.1 Å². The van der Waals surface area contributed by atoms with Crippen molar-refractivity contribution in [3.63, 3.8) is 0 Å².